The standard InChI is InChI=1S/C14H13BrN2O2S/c15-10-3-4-11(18)9(7-10)8-12-13(19)16-14(20-12)17-5-1-2-6-17/h3-4,7-8,18H,1-2,5-6H2/b12-8+. The van der Waals surface area contributed by atoms with Gasteiger partial charge in [0.2, 0.25) is 0 Å². The van der Waals surface area contributed by atoms with E-state index in [1.54, 1.807) is 24.3 Å². The number of halogens is 1. The van der Waals surface area contributed by atoms with Gasteiger partial charge in [-0.25, -0.2) is 0 Å². The predicted molar refractivity (Wildman–Crippen MR) is 84.6 cm³/mol. The predicted octanol–water partition coefficient (Wildman–Crippen LogP) is 3.22. The van der Waals surface area contributed by atoms with Gasteiger partial charge in [-0.3, -0.25) is 4.79 Å². The molecule has 0 unspecified atom stereocenters. The first-order valence-electron chi connectivity index (χ1n) is 6.39. The summed E-state index contributed by atoms with van der Waals surface area (Å²) in [5.41, 5.74) is 0.619. The fourth-order valence-electron chi connectivity index (χ4n) is 2.22. The summed E-state index contributed by atoms with van der Waals surface area (Å²) in [6.45, 7) is 1.93. The van der Waals surface area contributed by atoms with E-state index >= 15 is 0 Å². The lowest BCUT2D eigenvalue weighted by molar-refractivity contribution is -0.113. The maximum atomic E-state index is 11.9. The second-order valence-electron chi connectivity index (χ2n) is 4.71. The van der Waals surface area contributed by atoms with E-state index < -0.39 is 0 Å². The fraction of sp³-hybridized carbons (Fsp3) is 0.286. The van der Waals surface area contributed by atoms with Gasteiger partial charge in [0.1, 0.15) is 5.75 Å². The van der Waals surface area contributed by atoms with Crippen molar-refractivity contribution in [1.29, 1.82) is 0 Å². The number of rotatable bonds is 1. The van der Waals surface area contributed by atoms with Crippen LogP contribution in [0.1, 0.15) is 18.4 Å². The number of phenolic OH excluding ortho intramolecular Hbond substituents is 1. The van der Waals surface area contributed by atoms with Gasteiger partial charge >= 0.3 is 0 Å². The number of nitrogens with zero attached hydrogens (tertiary/aromatic N) is 2. The van der Waals surface area contributed by atoms with Crippen LogP contribution in [0, 0.1) is 0 Å². The zero-order valence-electron chi connectivity index (χ0n) is 10.7. The van der Waals surface area contributed by atoms with Crippen LogP contribution in [0.5, 0.6) is 5.75 Å². The molecule has 2 heterocycles. The molecular formula is C14H13BrN2O2S. The highest BCUT2D eigenvalue weighted by Gasteiger charge is 2.27. The molecule has 104 valence electrons. The first kappa shape index (κ1) is 13.7. The molecule has 2 aliphatic rings. The number of amidine groups is 1. The molecule has 1 N–H and O–H groups in total. The number of carbonyl (C=O) groups is 1. The molecule has 4 nitrogen and oxygen atoms in total. The van der Waals surface area contributed by atoms with E-state index in [-0.39, 0.29) is 11.7 Å². The molecule has 6 heteroatoms. The smallest absolute Gasteiger partial charge is 0.286 e. The molecule has 0 saturated carbocycles. The number of hydrogen-bond acceptors (Lipinski definition) is 4. The Morgan fingerprint density at radius 1 is 1.35 bits per heavy atom. The monoisotopic (exact) mass is 352 g/mol. The van der Waals surface area contributed by atoms with Crippen LogP contribution in [0.3, 0.4) is 0 Å². The van der Waals surface area contributed by atoms with Crippen molar-refractivity contribution >= 4 is 44.8 Å². The Hall–Kier alpha value is -1.27. The van der Waals surface area contributed by atoms with Crippen LogP contribution in [0.4, 0.5) is 0 Å². The molecule has 0 aliphatic carbocycles. The molecule has 1 aromatic carbocycles. The number of hydrogen-bond donors (Lipinski definition) is 1. The molecular weight excluding hydrogens is 340 g/mol. The third-order valence-corrected chi connectivity index (χ3v) is 4.80. The van der Waals surface area contributed by atoms with Crippen LogP contribution in [0.15, 0.2) is 32.6 Å². The zero-order valence-corrected chi connectivity index (χ0v) is 13.1. The van der Waals surface area contributed by atoms with Crippen molar-refractivity contribution in [2.75, 3.05) is 13.1 Å². The quantitative estimate of drug-likeness (QED) is 0.788. The molecule has 0 atom stereocenters. The van der Waals surface area contributed by atoms with Crippen LogP contribution in [0.25, 0.3) is 6.08 Å². The second-order valence-corrected chi connectivity index (χ2v) is 6.63. The van der Waals surface area contributed by atoms with Gasteiger partial charge in [0.05, 0.1) is 4.91 Å². The number of aromatic hydroxyl groups is 1. The lowest BCUT2D eigenvalue weighted by atomic mass is 10.2. The summed E-state index contributed by atoms with van der Waals surface area (Å²) < 4.78 is 0.860. The zero-order chi connectivity index (χ0) is 14.1. The molecule has 0 aromatic heterocycles. The summed E-state index contributed by atoms with van der Waals surface area (Å²) >= 11 is 4.74. The van der Waals surface area contributed by atoms with E-state index in [9.17, 15) is 9.90 Å². The van der Waals surface area contributed by atoms with Gasteiger partial charge < -0.3 is 10.0 Å². The van der Waals surface area contributed by atoms with E-state index in [1.165, 1.54) is 11.8 Å². The van der Waals surface area contributed by atoms with E-state index in [2.05, 4.69) is 25.8 Å². The molecule has 1 fully saturated rings. The number of thioether (sulfide) groups is 1. The van der Waals surface area contributed by atoms with Crippen molar-refractivity contribution in [2.24, 2.45) is 4.99 Å². The maximum Gasteiger partial charge on any atom is 0.286 e. The van der Waals surface area contributed by atoms with Gasteiger partial charge in [0.15, 0.2) is 5.17 Å². The Bertz CT molecular complexity index is 622. The lowest BCUT2D eigenvalue weighted by Gasteiger charge is -2.14. The summed E-state index contributed by atoms with van der Waals surface area (Å²) in [4.78, 5) is 18.7. The Labute approximate surface area is 129 Å². The first-order valence-corrected chi connectivity index (χ1v) is 8.00. The van der Waals surface area contributed by atoms with Gasteiger partial charge in [0, 0.05) is 23.1 Å². The molecule has 20 heavy (non-hydrogen) atoms. The summed E-state index contributed by atoms with van der Waals surface area (Å²) in [6.07, 6.45) is 4.00. The maximum absolute atomic E-state index is 11.9. The van der Waals surface area contributed by atoms with E-state index in [0.29, 0.717) is 10.5 Å². The highest BCUT2D eigenvalue weighted by Crippen LogP contribution is 2.33. The summed E-state index contributed by atoms with van der Waals surface area (Å²) in [7, 11) is 0. The SMILES string of the molecule is O=C1N=C(N2CCCC2)S/C1=C/c1cc(Br)ccc1O. The van der Waals surface area contributed by atoms with Crippen LogP contribution >= 0.6 is 27.7 Å². The van der Waals surface area contributed by atoms with Gasteiger partial charge in [-0.1, -0.05) is 15.9 Å². The molecule has 3 rings (SSSR count). The van der Waals surface area contributed by atoms with E-state index in [4.69, 9.17) is 0 Å². The summed E-state index contributed by atoms with van der Waals surface area (Å²) in [6, 6.07) is 5.14. The van der Waals surface area contributed by atoms with Gasteiger partial charge in [-0.2, -0.15) is 4.99 Å². The highest BCUT2D eigenvalue weighted by atomic mass is 79.9. The minimum Gasteiger partial charge on any atom is -0.507 e. The number of carbonyl (C=O) groups excluding carboxylic acids is 1. The summed E-state index contributed by atoms with van der Waals surface area (Å²) in [5, 5.41) is 10.6. The van der Waals surface area contributed by atoms with Crippen molar-refractivity contribution in [1.82, 2.24) is 4.90 Å². The second kappa shape index (κ2) is 5.61. The topological polar surface area (TPSA) is 52.9 Å². The van der Waals surface area contributed by atoms with Gasteiger partial charge in [-0.05, 0) is 48.9 Å². The highest BCUT2D eigenvalue weighted by molar-refractivity contribution is 9.10. The van der Waals surface area contributed by atoms with Crippen LogP contribution in [-0.2, 0) is 4.79 Å². The third kappa shape index (κ3) is 2.76. The molecule has 0 bridgehead atoms. The minimum absolute atomic E-state index is 0.156. The van der Waals surface area contributed by atoms with Crippen molar-refractivity contribution < 1.29 is 9.90 Å². The normalized spacial score (nSPS) is 20.9. The van der Waals surface area contributed by atoms with E-state index in [0.717, 1.165) is 35.6 Å². The van der Waals surface area contributed by atoms with Crippen LogP contribution < -0.4 is 0 Å². The van der Waals surface area contributed by atoms with E-state index in [1.807, 2.05) is 0 Å². The number of benzene rings is 1. The molecule has 0 spiro atoms. The van der Waals surface area contributed by atoms with Gasteiger partial charge in [0.25, 0.3) is 5.91 Å². The lowest BCUT2D eigenvalue weighted by Crippen LogP contribution is -2.23. The average molecular weight is 353 g/mol. The Kier molecular flexibility index (Phi) is 3.85. The minimum atomic E-state index is -0.226. The van der Waals surface area contributed by atoms with Crippen LogP contribution in [0.2, 0.25) is 0 Å². The largest absolute Gasteiger partial charge is 0.507 e. The molecule has 1 aromatic rings. The van der Waals surface area contributed by atoms with Crippen molar-refractivity contribution in [3.05, 3.63) is 33.1 Å². The first-order chi connectivity index (χ1) is 9.63. The molecule has 2 aliphatic heterocycles. The van der Waals surface area contributed by atoms with Crippen molar-refractivity contribution in [3.8, 4) is 5.75 Å². The van der Waals surface area contributed by atoms with Crippen LogP contribution in [-0.4, -0.2) is 34.2 Å². The molecule has 0 radical (unpaired) electrons. The fourth-order valence-corrected chi connectivity index (χ4v) is 3.56. The molecule has 1 saturated heterocycles. The Balaban J connectivity index is 1.83. The average Bonchev–Trinajstić information content (AvgIpc) is 3.04. The third-order valence-electron chi connectivity index (χ3n) is 3.26. The number of phenols is 1. The molecule has 1 amide bonds. The summed E-state index contributed by atoms with van der Waals surface area (Å²) in [5.74, 6) is -0.0694. The van der Waals surface area contributed by atoms with Gasteiger partial charge in [-0.15, -0.1) is 0 Å². The number of amides is 1. The Morgan fingerprint density at radius 3 is 2.85 bits per heavy atom. The van der Waals surface area contributed by atoms with Crippen molar-refractivity contribution in [2.45, 2.75) is 12.8 Å². The van der Waals surface area contributed by atoms with Crippen molar-refractivity contribution in [3.63, 3.8) is 0 Å². The number of aliphatic imine (C=N–C) groups is 1. The Morgan fingerprint density at radius 2 is 2.10 bits per heavy atom. The number of likely N-dealkylation sites (tertiary alicyclic amines) is 1.